The molecule has 0 saturated heterocycles. The minimum atomic E-state index is -0.686. The monoisotopic (exact) mass is 520 g/mol. The van der Waals surface area contributed by atoms with Gasteiger partial charge in [0.25, 0.3) is 0 Å². The highest BCUT2D eigenvalue weighted by atomic mass is 31.1. The average molecular weight is 521 g/mol. The highest BCUT2D eigenvalue weighted by Gasteiger charge is 2.27. The Morgan fingerprint density at radius 3 is 1.74 bits per heavy atom. The third-order valence-corrected chi connectivity index (χ3v) is 10.0. The molecule has 0 aliphatic carbocycles. The van der Waals surface area contributed by atoms with Crippen LogP contribution in [0.25, 0.3) is 10.8 Å². The fourth-order valence-electron chi connectivity index (χ4n) is 5.73. The van der Waals surface area contributed by atoms with Crippen LogP contribution in [0.4, 0.5) is 17.1 Å². The maximum atomic E-state index is 2.55. The van der Waals surface area contributed by atoms with Crippen molar-refractivity contribution in [1.82, 2.24) is 0 Å². The molecule has 7 rings (SSSR count). The Bertz CT molecular complexity index is 1670. The van der Waals surface area contributed by atoms with Gasteiger partial charge in [-0.25, -0.2) is 0 Å². The normalized spacial score (nSPS) is 12.7. The molecule has 6 aromatic carbocycles. The van der Waals surface area contributed by atoms with E-state index in [0.29, 0.717) is 0 Å². The zero-order valence-corrected chi connectivity index (χ0v) is 22.6. The first-order chi connectivity index (χ1) is 19.4. The Balaban J connectivity index is 1.35. The minimum Gasteiger partial charge on any atom is -0.349 e. The summed E-state index contributed by atoms with van der Waals surface area (Å²) in [7, 11) is -0.686. The molecule has 0 radical (unpaired) electrons. The summed E-state index contributed by atoms with van der Waals surface area (Å²) in [4.78, 5) is 5.00. The van der Waals surface area contributed by atoms with Gasteiger partial charge in [0.2, 0.25) is 0 Å². The van der Waals surface area contributed by atoms with E-state index in [1.165, 1.54) is 49.3 Å². The SMILES string of the molecule is c1ccc(N2CN(Cc3ccccc3P(c3ccccc3)c3ccccc3)c3cccc4cccc2c34)cc1. The lowest BCUT2D eigenvalue weighted by Gasteiger charge is -2.40. The number of rotatable bonds is 6. The van der Waals surface area contributed by atoms with Gasteiger partial charge in [0.05, 0.1) is 12.4 Å². The maximum absolute atomic E-state index is 2.55. The van der Waals surface area contributed by atoms with Crippen molar-refractivity contribution in [2.24, 2.45) is 0 Å². The van der Waals surface area contributed by atoms with E-state index < -0.39 is 7.92 Å². The van der Waals surface area contributed by atoms with Crippen molar-refractivity contribution in [3.8, 4) is 0 Å². The molecule has 0 atom stereocenters. The molecule has 6 aromatic rings. The fourth-order valence-corrected chi connectivity index (χ4v) is 8.19. The van der Waals surface area contributed by atoms with Gasteiger partial charge >= 0.3 is 0 Å². The predicted octanol–water partition coefficient (Wildman–Crippen LogP) is 7.71. The summed E-state index contributed by atoms with van der Waals surface area (Å²) in [5.74, 6) is 0. The van der Waals surface area contributed by atoms with Crippen molar-refractivity contribution in [1.29, 1.82) is 0 Å². The van der Waals surface area contributed by atoms with Crippen LogP contribution in [0.1, 0.15) is 5.56 Å². The average Bonchev–Trinajstić information content (AvgIpc) is 3.01. The van der Waals surface area contributed by atoms with E-state index in [4.69, 9.17) is 0 Å². The van der Waals surface area contributed by atoms with Gasteiger partial charge in [0.15, 0.2) is 0 Å². The third-order valence-electron chi connectivity index (χ3n) is 7.49. The summed E-state index contributed by atoms with van der Waals surface area (Å²) in [6.45, 7) is 1.63. The van der Waals surface area contributed by atoms with Crippen LogP contribution in [0.15, 0.2) is 152 Å². The van der Waals surface area contributed by atoms with E-state index in [1.54, 1.807) is 0 Å². The van der Waals surface area contributed by atoms with Crippen molar-refractivity contribution < 1.29 is 0 Å². The standard InChI is InChI=1S/C36H29N2P/c1-4-17-30(18-5-1)38-27-37(33-23-12-15-28-16-13-24-34(38)36(28)33)26-29-14-10-11-25-35(29)39(31-19-6-2-7-20-31)32-21-8-3-9-22-32/h1-25H,26-27H2. The molecule has 0 amide bonds. The lowest BCUT2D eigenvalue weighted by atomic mass is 10.0. The smallest absolute Gasteiger partial charge is 0.0955 e. The topological polar surface area (TPSA) is 6.48 Å². The lowest BCUT2D eigenvalue weighted by molar-refractivity contribution is 0.786. The zero-order chi connectivity index (χ0) is 26.0. The molecule has 39 heavy (non-hydrogen) atoms. The Hall–Kier alpha value is -4.39. The van der Waals surface area contributed by atoms with Gasteiger partial charge in [-0.3, -0.25) is 0 Å². The van der Waals surface area contributed by atoms with E-state index in [1.807, 2.05) is 0 Å². The Kier molecular flexibility index (Phi) is 6.32. The van der Waals surface area contributed by atoms with E-state index in [2.05, 4.69) is 161 Å². The van der Waals surface area contributed by atoms with Crippen LogP contribution in [0.5, 0.6) is 0 Å². The summed E-state index contributed by atoms with van der Waals surface area (Å²) in [6, 6.07) is 55.2. The van der Waals surface area contributed by atoms with Gasteiger partial charge in [0.1, 0.15) is 0 Å². The van der Waals surface area contributed by atoms with Crippen LogP contribution in [0.3, 0.4) is 0 Å². The van der Waals surface area contributed by atoms with Gasteiger partial charge in [0, 0.05) is 23.3 Å². The number of hydrogen-bond donors (Lipinski definition) is 0. The second-order valence-electron chi connectivity index (χ2n) is 9.89. The van der Waals surface area contributed by atoms with Gasteiger partial charge in [-0.2, -0.15) is 0 Å². The zero-order valence-electron chi connectivity index (χ0n) is 21.7. The van der Waals surface area contributed by atoms with Crippen molar-refractivity contribution in [2.45, 2.75) is 6.54 Å². The van der Waals surface area contributed by atoms with Gasteiger partial charge in [-0.1, -0.05) is 127 Å². The molecule has 0 N–H and O–H groups in total. The Morgan fingerprint density at radius 1 is 0.513 bits per heavy atom. The Morgan fingerprint density at radius 2 is 1.08 bits per heavy atom. The molecule has 0 saturated carbocycles. The second-order valence-corrected chi connectivity index (χ2v) is 12.1. The summed E-state index contributed by atoms with van der Waals surface area (Å²) >= 11 is 0. The largest absolute Gasteiger partial charge is 0.349 e. The molecular weight excluding hydrogens is 491 g/mol. The third kappa shape index (κ3) is 4.48. The van der Waals surface area contributed by atoms with Gasteiger partial charge in [-0.05, 0) is 59.1 Å². The van der Waals surface area contributed by atoms with Crippen LogP contribution < -0.4 is 25.7 Å². The lowest BCUT2D eigenvalue weighted by Crippen LogP contribution is -2.39. The number of benzene rings is 6. The summed E-state index contributed by atoms with van der Waals surface area (Å²) in [5.41, 5.74) is 5.16. The molecule has 0 aromatic heterocycles. The van der Waals surface area contributed by atoms with E-state index in [0.717, 1.165) is 13.2 Å². The van der Waals surface area contributed by atoms with Crippen molar-refractivity contribution >= 4 is 51.7 Å². The van der Waals surface area contributed by atoms with Crippen LogP contribution in [0, 0.1) is 0 Å². The molecule has 1 aliphatic heterocycles. The van der Waals surface area contributed by atoms with Crippen LogP contribution >= 0.6 is 7.92 Å². The minimum absolute atomic E-state index is 0.686. The van der Waals surface area contributed by atoms with Gasteiger partial charge in [-0.15, -0.1) is 0 Å². The molecule has 3 heteroatoms. The molecule has 0 bridgehead atoms. The molecular formula is C36H29N2P. The molecule has 1 heterocycles. The van der Waals surface area contributed by atoms with Crippen molar-refractivity contribution in [3.05, 3.63) is 157 Å². The van der Waals surface area contributed by atoms with Gasteiger partial charge < -0.3 is 9.80 Å². The molecule has 1 aliphatic rings. The maximum Gasteiger partial charge on any atom is 0.0955 e. The number of para-hydroxylation sites is 1. The van der Waals surface area contributed by atoms with E-state index in [-0.39, 0.29) is 0 Å². The van der Waals surface area contributed by atoms with E-state index >= 15 is 0 Å². The van der Waals surface area contributed by atoms with Crippen LogP contribution in [-0.4, -0.2) is 6.67 Å². The van der Waals surface area contributed by atoms with E-state index in [9.17, 15) is 0 Å². The predicted molar refractivity (Wildman–Crippen MR) is 169 cm³/mol. The summed E-state index contributed by atoms with van der Waals surface area (Å²) < 4.78 is 0. The number of nitrogens with zero attached hydrogens (tertiary/aromatic N) is 2. The summed E-state index contributed by atoms with van der Waals surface area (Å²) in [6.07, 6.45) is 0. The first kappa shape index (κ1) is 23.7. The highest BCUT2D eigenvalue weighted by Crippen LogP contribution is 2.43. The first-order valence-electron chi connectivity index (χ1n) is 13.4. The molecule has 2 nitrogen and oxygen atoms in total. The first-order valence-corrected chi connectivity index (χ1v) is 14.8. The highest BCUT2D eigenvalue weighted by molar-refractivity contribution is 7.79. The van der Waals surface area contributed by atoms with Crippen LogP contribution in [0.2, 0.25) is 0 Å². The quantitative estimate of drug-likeness (QED) is 0.208. The molecule has 0 fully saturated rings. The van der Waals surface area contributed by atoms with Crippen LogP contribution in [-0.2, 0) is 6.54 Å². The fraction of sp³-hybridized carbons (Fsp3) is 0.0556. The molecule has 0 spiro atoms. The molecule has 188 valence electrons. The van der Waals surface area contributed by atoms with Crippen molar-refractivity contribution in [2.75, 3.05) is 16.5 Å². The van der Waals surface area contributed by atoms with Crippen molar-refractivity contribution in [3.63, 3.8) is 0 Å². The molecule has 0 unspecified atom stereocenters. The summed E-state index contributed by atoms with van der Waals surface area (Å²) in [5, 5.41) is 6.77. The second kappa shape index (κ2) is 10.4. The number of anilines is 3. The Labute approximate surface area is 231 Å². The number of hydrogen-bond acceptors (Lipinski definition) is 2.